The second kappa shape index (κ2) is 8.98. The van der Waals surface area contributed by atoms with Gasteiger partial charge in [0, 0.05) is 0 Å². The summed E-state index contributed by atoms with van der Waals surface area (Å²) in [5.74, 6) is 0.578. The maximum Gasteiger partial charge on any atom is 0.573 e. The van der Waals surface area contributed by atoms with Gasteiger partial charge < -0.3 is 19.5 Å². The van der Waals surface area contributed by atoms with E-state index in [1.807, 2.05) is 12.1 Å². The van der Waals surface area contributed by atoms with E-state index in [1.54, 1.807) is 12.1 Å². The van der Waals surface area contributed by atoms with Crippen molar-refractivity contribution in [3.63, 3.8) is 0 Å². The fourth-order valence-electron chi connectivity index (χ4n) is 2.15. The Hall–Kier alpha value is -2.90. The van der Waals surface area contributed by atoms with Crippen LogP contribution in [0.2, 0.25) is 0 Å². The number of methoxy groups -OCH3 is 1. The third-order valence-electron chi connectivity index (χ3n) is 3.27. The molecule has 2 aromatic rings. The molecule has 0 fully saturated rings. The average Bonchev–Trinajstić information content (AvgIpc) is 2.59. The molecular formula is C18H18F3NO4. The molecule has 0 bridgehead atoms. The zero-order chi connectivity index (χ0) is 19.0. The predicted molar refractivity (Wildman–Crippen MR) is 88.3 cm³/mol. The van der Waals surface area contributed by atoms with Gasteiger partial charge in [0.1, 0.15) is 12.4 Å². The number of para-hydroxylation sites is 2. The number of carbonyl (C=O) groups is 1. The first-order valence-corrected chi connectivity index (χ1v) is 7.74. The lowest BCUT2D eigenvalue weighted by Crippen LogP contribution is -2.29. The van der Waals surface area contributed by atoms with E-state index in [-0.39, 0.29) is 31.2 Å². The zero-order valence-corrected chi connectivity index (χ0v) is 14.0. The van der Waals surface area contributed by atoms with Crippen LogP contribution in [0.1, 0.15) is 5.56 Å². The summed E-state index contributed by atoms with van der Waals surface area (Å²) < 4.78 is 50.7. The van der Waals surface area contributed by atoms with Crippen LogP contribution in [0.25, 0.3) is 0 Å². The third kappa shape index (κ3) is 6.54. The lowest BCUT2D eigenvalue weighted by molar-refractivity contribution is -0.274. The summed E-state index contributed by atoms with van der Waals surface area (Å²) in [4.78, 5) is 11.9. The van der Waals surface area contributed by atoms with Crippen molar-refractivity contribution < 1.29 is 32.2 Å². The Bertz CT molecular complexity index is 717. The van der Waals surface area contributed by atoms with Crippen LogP contribution in [0, 0.1) is 0 Å². The van der Waals surface area contributed by atoms with Crippen LogP contribution in [-0.4, -0.2) is 32.5 Å². The number of carbonyl (C=O) groups excluding carboxylic acids is 1. The monoisotopic (exact) mass is 369 g/mol. The normalized spacial score (nSPS) is 10.9. The topological polar surface area (TPSA) is 56.8 Å². The average molecular weight is 369 g/mol. The first-order chi connectivity index (χ1) is 12.4. The molecule has 8 heteroatoms. The summed E-state index contributed by atoms with van der Waals surface area (Å²) in [5, 5.41) is 2.68. The number of amides is 1. The van der Waals surface area contributed by atoms with E-state index in [0.29, 0.717) is 17.1 Å². The van der Waals surface area contributed by atoms with E-state index in [2.05, 4.69) is 10.1 Å². The number of ether oxygens (including phenoxy) is 3. The summed E-state index contributed by atoms with van der Waals surface area (Å²) in [6.07, 6.45) is -4.69. The van der Waals surface area contributed by atoms with E-state index < -0.39 is 6.36 Å². The van der Waals surface area contributed by atoms with Crippen molar-refractivity contribution in [2.75, 3.05) is 20.3 Å². The highest BCUT2D eigenvalue weighted by molar-refractivity contribution is 5.78. The van der Waals surface area contributed by atoms with Gasteiger partial charge in [0.25, 0.3) is 0 Å². The number of rotatable bonds is 8. The number of nitrogens with one attached hydrogen (secondary N) is 1. The second-order valence-electron chi connectivity index (χ2n) is 5.22. The fourth-order valence-corrected chi connectivity index (χ4v) is 2.15. The van der Waals surface area contributed by atoms with Crippen LogP contribution >= 0.6 is 0 Å². The van der Waals surface area contributed by atoms with E-state index in [9.17, 15) is 18.0 Å². The van der Waals surface area contributed by atoms with Crippen molar-refractivity contribution in [1.29, 1.82) is 0 Å². The van der Waals surface area contributed by atoms with E-state index in [4.69, 9.17) is 9.47 Å². The van der Waals surface area contributed by atoms with E-state index >= 15 is 0 Å². The minimum absolute atomic E-state index is 0.0426. The van der Waals surface area contributed by atoms with Crippen molar-refractivity contribution in [2.24, 2.45) is 0 Å². The molecule has 0 unspecified atom stereocenters. The Morgan fingerprint density at radius 1 is 1.04 bits per heavy atom. The Kier molecular flexibility index (Phi) is 6.71. The Labute approximate surface area is 148 Å². The van der Waals surface area contributed by atoms with Crippen LogP contribution in [0.15, 0.2) is 48.5 Å². The molecule has 1 amide bonds. The van der Waals surface area contributed by atoms with Crippen molar-refractivity contribution >= 4 is 5.91 Å². The molecule has 0 atom stereocenters. The summed E-state index contributed by atoms with van der Waals surface area (Å²) in [6, 6.07) is 12.3. The largest absolute Gasteiger partial charge is 0.573 e. The molecule has 140 valence electrons. The van der Waals surface area contributed by atoms with Gasteiger partial charge >= 0.3 is 6.36 Å². The number of hydrogen-bond donors (Lipinski definition) is 1. The number of benzene rings is 2. The standard InChI is InChI=1S/C18H18F3NO4/c1-24-15-4-2-3-5-16(15)25-11-10-22-17(23)12-13-6-8-14(9-7-13)26-18(19,20)21/h2-9H,10-12H2,1H3,(H,22,23). The molecule has 0 saturated heterocycles. The molecule has 0 aromatic heterocycles. The Morgan fingerprint density at radius 2 is 1.69 bits per heavy atom. The van der Waals surface area contributed by atoms with Crippen molar-refractivity contribution in [2.45, 2.75) is 12.8 Å². The molecule has 0 heterocycles. The van der Waals surface area contributed by atoms with Crippen molar-refractivity contribution in [1.82, 2.24) is 5.32 Å². The lowest BCUT2D eigenvalue weighted by atomic mass is 10.1. The molecule has 2 aromatic carbocycles. The Morgan fingerprint density at radius 3 is 2.31 bits per heavy atom. The molecule has 0 aliphatic carbocycles. The summed E-state index contributed by atoms with van der Waals surface area (Å²) in [5.41, 5.74) is 0.572. The van der Waals surface area contributed by atoms with Gasteiger partial charge in [-0.15, -0.1) is 13.2 Å². The minimum atomic E-state index is -4.74. The highest BCUT2D eigenvalue weighted by Gasteiger charge is 2.30. The molecule has 0 radical (unpaired) electrons. The van der Waals surface area contributed by atoms with Crippen molar-refractivity contribution in [3.05, 3.63) is 54.1 Å². The SMILES string of the molecule is COc1ccccc1OCCNC(=O)Cc1ccc(OC(F)(F)F)cc1. The molecular weight excluding hydrogens is 351 g/mol. The van der Waals surface area contributed by atoms with Crippen LogP contribution < -0.4 is 19.5 Å². The van der Waals surface area contributed by atoms with Crippen molar-refractivity contribution in [3.8, 4) is 17.2 Å². The van der Waals surface area contributed by atoms with Gasteiger partial charge in [0.15, 0.2) is 11.5 Å². The highest BCUT2D eigenvalue weighted by atomic mass is 19.4. The number of alkyl halides is 3. The van der Waals surface area contributed by atoms with Gasteiger partial charge in [0.05, 0.1) is 20.1 Å². The maximum atomic E-state index is 12.1. The molecule has 0 spiro atoms. The third-order valence-corrected chi connectivity index (χ3v) is 3.27. The number of halogens is 3. The molecule has 0 saturated carbocycles. The zero-order valence-electron chi connectivity index (χ0n) is 14.0. The summed E-state index contributed by atoms with van der Waals surface area (Å²) in [6.45, 7) is 0.538. The van der Waals surface area contributed by atoms with Gasteiger partial charge in [-0.05, 0) is 29.8 Å². The van der Waals surface area contributed by atoms with Gasteiger partial charge in [-0.2, -0.15) is 0 Å². The minimum Gasteiger partial charge on any atom is -0.493 e. The van der Waals surface area contributed by atoms with Crippen LogP contribution in [0.5, 0.6) is 17.2 Å². The molecule has 2 rings (SSSR count). The van der Waals surface area contributed by atoms with Crippen LogP contribution in [0.4, 0.5) is 13.2 Å². The summed E-state index contributed by atoms with van der Waals surface area (Å²) >= 11 is 0. The van der Waals surface area contributed by atoms with E-state index in [0.717, 1.165) is 0 Å². The molecule has 26 heavy (non-hydrogen) atoms. The maximum absolute atomic E-state index is 12.1. The Balaban J connectivity index is 1.73. The highest BCUT2D eigenvalue weighted by Crippen LogP contribution is 2.25. The lowest BCUT2D eigenvalue weighted by Gasteiger charge is -2.11. The van der Waals surface area contributed by atoms with Crippen LogP contribution in [0.3, 0.4) is 0 Å². The van der Waals surface area contributed by atoms with Crippen LogP contribution in [-0.2, 0) is 11.2 Å². The second-order valence-corrected chi connectivity index (χ2v) is 5.22. The first kappa shape index (κ1) is 19.4. The quantitative estimate of drug-likeness (QED) is 0.726. The molecule has 5 nitrogen and oxygen atoms in total. The summed E-state index contributed by atoms with van der Waals surface area (Å²) in [7, 11) is 1.54. The van der Waals surface area contributed by atoms with Gasteiger partial charge in [-0.1, -0.05) is 24.3 Å². The van der Waals surface area contributed by atoms with E-state index in [1.165, 1.54) is 31.4 Å². The molecule has 0 aliphatic rings. The number of hydrogen-bond acceptors (Lipinski definition) is 4. The smallest absolute Gasteiger partial charge is 0.493 e. The molecule has 1 N–H and O–H groups in total. The van der Waals surface area contributed by atoms with Gasteiger partial charge in [0.2, 0.25) is 5.91 Å². The molecule has 0 aliphatic heterocycles. The fraction of sp³-hybridized carbons (Fsp3) is 0.278. The predicted octanol–water partition coefficient (Wildman–Crippen LogP) is 3.33. The first-order valence-electron chi connectivity index (χ1n) is 7.74. The van der Waals surface area contributed by atoms with Gasteiger partial charge in [-0.25, -0.2) is 0 Å². The van der Waals surface area contributed by atoms with Gasteiger partial charge in [-0.3, -0.25) is 4.79 Å².